The second kappa shape index (κ2) is 8.82. The van der Waals surface area contributed by atoms with Crippen LogP contribution in [0, 0.1) is 5.92 Å². The summed E-state index contributed by atoms with van der Waals surface area (Å²) in [5, 5.41) is 12.4. The molecule has 24 heavy (non-hydrogen) atoms. The van der Waals surface area contributed by atoms with Gasteiger partial charge in [-0.05, 0) is 33.6 Å². The number of esters is 1. The molecule has 1 N–H and O–H groups in total. The van der Waals surface area contributed by atoms with Gasteiger partial charge in [-0.3, -0.25) is 0 Å². The van der Waals surface area contributed by atoms with Crippen LogP contribution in [-0.4, -0.2) is 37.3 Å². The number of ether oxygens (including phenoxy) is 1. The number of carbonyl (C=O) groups is 1. The van der Waals surface area contributed by atoms with Gasteiger partial charge >= 0.3 is 5.97 Å². The molecule has 0 amide bonds. The SMILES string of the molecule is CCOC(=O)c1csc([C@H](O)C/C(=N/[S@](=O)C(C)(C)C)C(C)C)n1. The number of nitrogens with zero attached hydrogens (tertiary/aromatic N) is 2. The fourth-order valence-corrected chi connectivity index (χ4v) is 3.19. The number of carbonyl (C=O) groups excluding carboxylic acids is 1. The van der Waals surface area contributed by atoms with E-state index in [0.717, 1.165) is 0 Å². The van der Waals surface area contributed by atoms with Gasteiger partial charge in [0.15, 0.2) is 5.69 Å². The minimum absolute atomic E-state index is 0.0513. The molecule has 0 radical (unpaired) electrons. The molecule has 0 aliphatic heterocycles. The van der Waals surface area contributed by atoms with Crippen molar-refractivity contribution in [3.05, 3.63) is 16.1 Å². The molecule has 0 saturated carbocycles. The topological polar surface area (TPSA) is 88.9 Å². The Hall–Kier alpha value is -1.12. The molecule has 0 aliphatic carbocycles. The van der Waals surface area contributed by atoms with Gasteiger partial charge in [0.05, 0.1) is 11.4 Å². The molecule has 2 atom stereocenters. The first kappa shape index (κ1) is 20.9. The van der Waals surface area contributed by atoms with Crippen molar-refractivity contribution in [2.75, 3.05) is 6.61 Å². The summed E-state index contributed by atoms with van der Waals surface area (Å²) in [6.07, 6.45) is -0.661. The van der Waals surface area contributed by atoms with E-state index in [1.807, 2.05) is 34.6 Å². The van der Waals surface area contributed by atoms with Gasteiger partial charge in [-0.1, -0.05) is 13.8 Å². The number of aliphatic hydroxyl groups excluding tert-OH is 1. The first-order valence-electron chi connectivity index (χ1n) is 7.86. The van der Waals surface area contributed by atoms with Gasteiger partial charge in [0.1, 0.15) is 22.1 Å². The molecule has 136 valence electrons. The molecular weight excluding hydrogens is 348 g/mol. The summed E-state index contributed by atoms with van der Waals surface area (Å²) in [4.78, 5) is 15.8. The standard InChI is InChI=1S/C16H26N2O4S2/c1-7-22-15(20)12-9-23-14(17-12)13(19)8-11(10(2)3)18-24(21)16(4,5)6/h9-10,13,19H,7-8H2,1-6H3/b18-11-/t13-,24-/m1/s1. The minimum atomic E-state index is -1.38. The predicted molar refractivity (Wildman–Crippen MR) is 97.8 cm³/mol. The minimum Gasteiger partial charge on any atom is -0.461 e. The highest BCUT2D eigenvalue weighted by atomic mass is 32.2. The van der Waals surface area contributed by atoms with Gasteiger partial charge < -0.3 is 9.84 Å². The maximum atomic E-state index is 12.2. The van der Waals surface area contributed by atoms with Crippen LogP contribution in [-0.2, 0) is 15.7 Å². The van der Waals surface area contributed by atoms with Crippen LogP contribution >= 0.6 is 11.3 Å². The van der Waals surface area contributed by atoms with E-state index in [9.17, 15) is 14.1 Å². The van der Waals surface area contributed by atoms with Gasteiger partial charge in [-0.15, -0.1) is 11.3 Å². The summed E-state index contributed by atoms with van der Waals surface area (Å²) in [5.74, 6) is -0.450. The van der Waals surface area contributed by atoms with E-state index in [4.69, 9.17) is 4.74 Å². The van der Waals surface area contributed by atoms with E-state index >= 15 is 0 Å². The largest absolute Gasteiger partial charge is 0.461 e. The first-order chi connectivity index (χ1) is 11.1. The van der Waals surface area contributed by atoms with Gasteiger partial charge in [0.25, 0.3) is 0 Å². The van der Waals surface area contributed by atoms with Crippen LogP contribution in [0.25, 0.3) is 0 Å². The van der Waals surface area contributed by atoms with Crippen LogP contribution in [0.3, 0.4) is 0 Å². The molecular formula is C16H26N2O4S2. The molecule has 0 aromatic carbocycles. The van der Waals surface area contributed by atoms with E-state index in [0.29, 0.717) is 10.7 Å². The summed E-state index contributed by atoms with van der Waals surface area (Å²) in [6, 6.07) is 0. The van der Waals surface area contributed by atoms with E-state index in [2.05, 4.69) is 9.38 Å². The van der Waals surface area contributed by atoms with Crippen LogP contribution < -0.4 is 0 Å². The van der Waals surface area contributed by atoms with Gasteiger partial charge in [0, 0.05) is 17.5 Å². The normalized spacial score (nSPS) is 15.4. The third-order valence-corrected chi connectivity index (χ3v) is 5.48. The van der Waals surface area contributed by atoms with Gasteiger partial charge in [-0.2, -0.15) is 4.40 Å². The highest BCUT2D eigenvalue weighted by Crippen LogP contribution is 2.24. The average Bonchev–Trinajstić information content (AvgIpc) is 2.95. The molecule has 8 heteroatoms. The molecule has 1 aromatic rings. The van der Waals surface area contributed by atoms with E-state index in [1.165, 1.54) is 11.3 Å². The Balaban J connectivity index is 2.90. The van der Waals surface area contributed by atoms with Crippen LogP contribution in [0.15, 0.2) is 9.78 Å². The fourth-order valence-electron chi connectivity index (χ4n) is 1.65. The highest BCUT2D eigenvalue weighted by molar-refractivity contribution is 7.85. The van der Waals surface area contributed by atoms with Crippen molar-refractivity contribution in [2.45, 2.75) is 58.8 Å². The Morgan fingerprint density at radius 2 is 2.08 bits per heavy atom. The third-order valence-electron chi connectivity index (χ3n) is 3.08. The van der Waals surface area contributed by atoms with Crippen molar-refractivity contribution >= 4 is 34.0 Å². The number of hydrogen-bond acceptors (Lipinski definition) is 6. The lowest BCUT2D eigenvalue weighted by atomic mass is 10.0. The maximum absolute atomic E-state index is 12.2. The number of rotatable bonds is 7. The molecule has 0 unspecified atom stereocenters. The number of thiazole rings is 1. The Labute approximate surface area is 150 Å². The summed E-state index contributed by atoms with van der Waals surface area (Å²) in [6.45, 7) is 11.4. The Kier molecular flexibility index (Phi) is 7.69. The Bertz CT molecular complexity index is 618. The molecule has 1 heterocycles. The highest BCUT2D eigenvalue weighted by Gasteiger charge is 2.23. The van der Waals surface area contributed by atoms with E-state index in [1.54, 1.807) is 12.3 Å². The predicted octanol–water partition coefficient (Wildman–Crippen LogP) is 3.30. The lowest BCUT2D eigenvalue weighted by Crippen LogP contribution is -2.23. The van der Waals surface area contributed by atoms with Crippen molar-refractivity contribution in [3.63, 3.8) is 0 Å². The third kappa shape index (κ3) is 6.07. The zero-order valence-corrected chi connectivity index (χ0v) is 16.7. The second-order valence-corrected chi connectivity index (χ2v) is 9.41. The monoisotopic (exact) mass is 374 g/mol. The molecule has 1 rings (SSSR count). The molecule has 0 aliphatic rings. The molecule has 1 aromatic heterocycles. The van der Waals surface area contributed by atoms with E-state index in [-0.39, 0.29) is 24.6 Å². The molecule has 0 saturated heterocycles. The number of hydrogen-bond donors (Lipinski definition) is 1. The summed E-state index contributed by atoms with van der Waals surface area (Å²) in [7, 11) is -1.38. The van der Waals surface area contributed by atoms with Crippen LogP contribution in [0.2, 0.25) is 0 Å². The number of aliphatic hydroxyl groups is 1. The van der Waals surface area contributed by atoms with E-state index < -0.39 is 27.8 Å². The quantitative estimate of drug-likeness (QED) is 0.584. The van der Waals surface area contributed by atoms with Crippen molar-refractivity contribution in [1.82, 2.24) is 4.98 Å². The summed E-state index contributed by atoms with van der Waals surface area (Å²) in [5.41, 5.74) is 0.862. The van der Waals surface area contributed by atoms with Crippen molar-refractivity contribution in [3.8, 4) is 0 Å². The van der Waals surface area contributed by atoms with Crippen LogP contribution in [0.5, 0.6) is 0 Å². The Morgan fingerprint density at radius 3 is 2.58 bits per heavy atom. The zero-order chi connectivity index (χ0) is 18.5. The number of aromatic nitrogens is 1. The second-order valence-electron chi connectivity index (χ2n) is 6.61. The molecule has 0 bridgehead atoms. The van der Waals surface area contributed by atoms with Crippen LogP contribution in [0.1, 0.15) is 69.6 Å². The van der Waals surface area contributed by atoms with Gasteiger partial charge in [0.2, 0.25) is 0 Å². The molecule has 6 nitrogen and oxygen atoms in total. The first-order valence-corrected chi connectivity index (χ1v) is 9.85. The molecule has 0 fully saturated rings. The lowest BCUT2D eigenvalue weighted by molar-refractivity contribution is 0.0519. The maximum Gasteiger partial charge on any atom is 0.357 e. The van der Waals surface area contributed by atoms with Crippen molar-refractivity contribution in [2.24, 2.45) is 10.3 Å². The Morgan fingerprint density at radius 1 is 1.46 bits per heavy atom. The summed E-state index contributed by atoms with van der Waals surface area (Å²) < 4.78 is 21.0. The smallest absolute Gasteiger partial charge is 0.357 e. The average molecular weight is 375 g/mol. The zero-order valence-electron chi connectivity index (χ0n) is 15.0. The van der Waals surface area contributed by atoms with Crippen molar-refractivity contribution in [1.29, 1.82) is 0 Å². The van der Waals surface area contributed by atoms with Crippen molar-refractivity contribution < 1.29 is 18.8 Å². The fraction of sp³-hybridized carbons (Fsp3) is 0.688. The van der Waals surface area contributed by atoms with Crippen LogP contribution in [0.4, 0.5) is 0 Å². The molecule has 0 spiro atoms. The summed E-state index contributed by atoms with van der Waals surface area (Å²) >= 11 is 1.20. The lowest BCUT2D eigenvalue weighted by Gasteiger charge is -2.18. The van der Waals surface area contributed by atoms with Gasteiger partial charge in [-0.25, -0.2) is 14.0 Å².